The van der Waals surface area contributed by atoms with Crippen molar-refractivity contribution >= 4 is 17.3 Å². The zero-order valence-electron chi connectivity index (χ0n) is 12.0. The topological polar surface area (TPSA) is 35.2 Å². The lowest BCUT2D eigenvalue weighted by Gasteiger charge is -2.10. The molecule has 3 aromatic carbocycles. The van der Waals surface area contributed by atoms with Gasteiger partial charge in [-0.1, -0.05) is 66.2 Å². The highest BCUT2D eigenvalue weighted by atomic mass is 35.5. The Bertz CT molecular complexity index is 771. The lowest BCUT2D eigenvalue weighted by atomic mass is 10.0. The van der Waals surface area contributed by atoms with Gasteiger partial charge in [-0.2, -0.15) is 0 Å². The summed E-state index contributed by atoms with van der Waals surface area (Å²) in [6.45, 7) is 0.537. The van der Waals surface area contributed by atoms with Crippen LogP contribution in [0, 0.1) is 0 Å². The van der Waals surface area contributed by atoms with Gasteiger partial charge in [-0.15, -0.1) is 0 Å². The van der Waals surface area contributed by atoms with Crippen LogP contribution in [0.1, 0.15) is 5.56 Å². The Morgan fingerprint density at radius 2 is 1.64 bits per heavy atom. The predicted octanol–water partition coefficient (Wildman–Crippen LogP) is 5.17. The van der Waals surface area contributed by atoms with E-state index >= 15 is 0 Å². The summed E-state index contributed by atoms with van der Waals surface area (Å²) in [5, 5.41) is 0.572. The second-order valence-corrected chi connectivity index (χ2v) is 5.39. The van der Waals surface area contributed by atoms with Gasteiger partial charge >= 0.3 is 0 Å². The Balaban J connectivity index is 1.82. The molecule has 0 heterocycles. The van der Waals surface area contributed by atoms with Crippen LogP contribution in [-0.4, -0.2) is 0 Å². The number of anilines is 1. The molecule has 2 N–H and O–H groups in total. The van der Waals surface area contributed by atoms with Crippen molar-refractivity contribution in [1.29, 1.82) is 0 Å². The minimum Gasteiger partial charge on any atom is -0.489 e. The second kappa shape index (κ2) is 6.54. The molecule has 0 saturated heterocycles. The average Bonchev–Trinajstić information content (AvgIpc) is 2.57. The first-order valence-electron chi connectivity index (χ1n) is 7.05. The van der Waals surface area contributed by atoms with Crippen molar-refractivity contribution in [3.8, 4) is 16.9 Å². The van der Waals surface area contributed by atoms with E-state index in [0.717, 1.165) is 22.4 Å². The lowest BCUT2D eigenvalue weighted by molar-refractivity contribution is 0.306. The molecule has 0 amide bonds. The molecule has 0 radical (unpaired) electrons. The van der Waals surface area contributed by atoms with Crippen LogP contribution in [0.5, 0.6) is 5.75 Å². The van der Waals surface area contributed by atoms with Gasteiger partial charge in [-0.05, 0) is 29.3 Å². The van der Waals surface area contributed by atoms with E-state index in [1.54, 1.807) is 6.07 Å². The minimum atomic E-state index is 0.537. The van der Waals surface area contributed by atoms with Crippen molar-refractivity contribution in [2.24, 2.45) is 0 Å². The molecule has 0 unspecified atom stereocenters. The van der Waals surface area contributed by atoms with E-state index in [9.17, 15) is 0 Å². The van der Waals surface area contributed by atoms with E-state index in [4.69, 9.17) is 22.1 Å². The number of rotatable bonds is 4. The monoisotopic (exact) mass is 309 g/mol. The summed E-state index contributed by atoms with van der Waals surface area (Å²) in [6.07, 6.45) is 0. The molecule has 3 aromatic rings. The van der Waals surface area contributed by atoms with Crippen molar-refractivity contribution in [2.45, 2.75) is 6.61 Å². The number of nitrogens with two attached hydrogens (primary N) is 1. The number of halogens is 1. The highest BCUT2D eigenvalue weighted by Crippen LogP contribution is 2.33. The molecule has 0 aromatic heterocycles. The molecule has 110 valence electrons. The average molecular weight is 310 g/mol. The van der Waals surface area contributed by atoms with Crippen molar-refractivity contribution in [2.75, 3.05) is 5.73 Å². The molecule has 0 spiro atoms. The lowest BCUT2D eigenvalue weighted by Crippen LogP contribution is -1.95. The fourth-order valence-corrected chi connectivity index (χ4v) is 2.50. The van der Waals surface area contributed by atoms with Gasteiger partial charge in [0.25, 0.3) is 0 Å². The SMILES string of the molecule is Nc1cccc(-c2cccc(OCc3ccccc3)c2)c1Cl. The Labute approximate surface area is 135 Å². The normalized spacial score (nSPS) is 10.4. The first kappa shape index (κ1) is 14.5. The van der Waals surface area contributed by atoms with E-state index in [0.29, 0.717) is 17.3 Å². The third kappa shape index (κ3) is 3.23. The standard InChI is InChI=1S/C19H16ClNO/c20-19-17(10-5-11-18(19)21)15-8-4-9-16(12-15)22-13-14-6-2-1-3-7-14/h1-12H,13,21H2. The summed E-state index contributed by atoms with van der Waals surface area (Å²) in [6, 6.07) is 23.6. The third-order valence-electron chi connectivity index (χ3n) is 3.42. The molecule has 3 heteroatoms. The van der Waals surface area contributed by atoms with Crippen LogP contribution in [0.25, 0.3) is 11.1 Å². The van der Waals surface area contributed by atoms with E-state index in [1.165, 1.54) is 0 Å². The maximum atomic E-state index is 6.29. The van der Waals surface area contributed by atoms with E-state index in [2.05, 4.69) is 0 Å². The molecule has 0 aliphatic carbocycles. The van der Waals surface area contributed by atoms with Crippen molar-refractivity contribution in [3.63, 3.8) is 0 Å². The smallest absolute Gasteiger partial charge is 0.120 e. The van der Waals surface area contributed by atoms with E-state index < -0.39 is 0 Å². The van der Waals surface area contributed by atoms with Crippen LogP contribution in [0.4, 0.5) is 5.69 Å². The maximum absolute atomic E-state index is 6.29. The Morgan fingerprint density at radius 1 is 0.864 bits per heavy atom. The van der Waals surface area contributed by atoms with E-state index in [-0.39, 0.29) is 0 Å². The van der Waals surface area contributed by atoms with Gasteiger partial charge in [-0.25, -0.2) is 0 Å². The number of benzene rings is 3. The van der Waals surface area contributed by atoms with Crippen LogP contribution in [-0.2, 0) is 6.61 Å². The highest BCUT2D eigenvalue weighted by molar-refractivity contribution is 6.35. The Hall–Kier alpha value is -2.45. The number of hydrogen-bond donors (Lipinski definition) is 1. The van der Waals surface area contributed by atoms with E-state index in [1.807, 2.05) is 66.7 Å². The van der Waals surface area contributed by atoms with Gasteiger partial charge in [0, 0.05) is 5.56 Å². The number of hydrogen-bond acceptors (Lipinski definition) is 2. The molecule has 0 saturated carbocycles. The van der Waals surface area contributed by atoms with Gasteiger partial charge in [0.2, 0.25) is 0 Å². The van der Waals surface area contributed by atoms with Gasteiger partial charge in [0.15, 0.2) is 0 Å². The van der Waals surface area contributed by atoms with Gasteiger partial charge in [0.1, 0.15) is 12.4 Å². The van der Waals surface area contributed by atoms with Crippen LogP contribution in [0.15, 0.2) is 72.8 Å². The van der Waals surface area contributed by atoms with Crippen LogP contribution < -0.4 is 10.5 Å². The largest absolute Gasteiger partial charge is 0.489 e. The molecular weight excluding hydrogens is 294 g/mol. The minimum absolute atomic E-state index is 0.537. The van der Waals surface area contributed by atoms with Crippen LogP contribution in [0.2, 0.25) is 5.02 Å². The first-order valence-corrected chi connectivity index (χ1v) is 7.43. The Morgan fingerprint density at radius 3 is 2.45 bits per heavy atom. The summed E-state index contributed by atoms with van der Waals surface area (Å²) in [5.41, 5.74) is 9.48. The Kier molecular flexibility index (Phi) is 4.31. The summed E-state index contributed by atoms with van der Waals surface area (Å²) in [7, 11) is 0. The summed E-state index contributed by atoms with van der Waals surface area (Å²) < 4.78 is 5.85. The number of ether oxygens (including phenoxy) is 1. The predicted molar refractivity (Wildman–Crippen MR) is 92.1 cm³/mol. The molecule has 0 bridgehead atoms. The molecule has 0 aliphatic heterocycles. The molecule has 0 fully saturated rings. The molecule has 22 heavy (non-hydrogen) atoms. The quantitative estimate of drug-likeness (QED) is 0.675. The zero-order chi connectivity index (χ0) is 15.4. The number of nitrogen functional groups attached to an aromatic ring is 1. The zero-order valence-corrected chi connectivity index (χ0v) is 12.8. The second-order valence-electron chi connectivity index (χ2n) is 5.01. The fraction of sp³-hybridized carbons (Fsp3) is 0.0526. The summed E-state index contributed by atoms with van der Waals surface area (Å²) >= 11 is 6.29. The van der Waals surface area contributed by atoms with Gasteiger partial charge in [0.05, 0.1) is 10.7 Å². The van der Waals surface area contributed by atoms with Gasteiger partial charge in [-0.3, -0.25) is 0 Å². The maximum Gasteiger partial charge on any atom is 0.120 e. The highest BCUT2D eigenvalue weighted by Gasteiger charge is 2.07. The van der Waals surface area contributed by atoms with Crippen LogP contribution in [0.3, 0.4) is 0 Å². The van der Waals surface area contributed by atoms with Gasteiger partial charge < -0.3 is 10.5 Å². The molecular formula is C19H16ClNO. The summed E-state index contributed by atoms with van der Waals surface area (Å²) in [5.74, 6) is 0.805. The third-order valence-corrected chi connectivity index (χ3v) is 3.84. The van der Waals surface area contributed by atoms with Crippen molar-refractivity contribution < 1.29 is 4.74 Å². The molecule has 0 atom stereocenters. The summed E-state index contributed by atoms with van der Waals surface area (Å²) in [4.78, 5) is 0. The molecule has 3 rings (SSSR count). The van der Waals surface area contributed by atoms with Crippen LogP contribution >= 0.6 is 11.6 Å². The fourth-order valence-electron chi connectivity index (χ4n) is 2.27. The molecule has 2 nitrogen and oxygen atoms in total. The first-order chi connectivity index (χ1) is 10.7. The van der Waals surface area contributed by atoms with Crippen molar-refractivity contribution in [1.82, 2.24) is 0 Å². The molecule has 0 aliphatic rings. The van der Waals surface area contributed by atoms with Crippen molar-refractivity contribution in [3.05, 3.63) is 83.4 Å².